The number of hydrogen-bond acceptors (Lipinski definition) is 3. The van der Waals surface area contributed by atoms with Gasteiger partial charge in [0.15, 0.2) is 0 Å². The first-order chi connectivity index (χ1) is 8.66. The summed E-state index contributed by atoms with van der Waals surface area (Å²) in [5, 5.41) is 16.3. The molecule has 0 saturated carbocycles. The second-order valence-corrected chi connectivity index (χ2v) is 4.05. The smallest absolute Gasteiger partial charge is 0.337 e. The standard InChI is InChI=1S/C13H15N3O2/c1-10-3-4-11(13(17)18)12(9-10)14-6-8-16-7-2-5-15-16/h2-5,7,9,14H,6,8H2,1H3,(H,17,18). The minimum absolute atomic E-state index is 0.293. The van der Waals surface area contributed by atoms with Crippen LogP contribution in [0.15, 0.2) is 36.7 Å². The molecule has 0 unspecified atom stereocenters. The van der Waals surface area contributed by atoms with E-state index >= 15 is 0 Å². The normalized spacial score (nSPS) is 10.3. The van der Waals surface area contributed by atoms with E-state index in [9.17, 15) is 4.79 Å². The summed E-state index contributed by atoms with van der Waals surface area (Å²) in [5.74, 6) is -0.920. The summed E-state index contributed by atoms with van der Waals surface area (Å²) in [6, 6.07) is 7.11. The Labute approximate surface area is 105 Å². The maximum absolute atomic E-state index is 11.1. The number of carboxylic acid groups (broad SMARTS) is 1. The molecule has 0 aliphatic carbocycles. The zero-order chi connectivity index (χ0) is 13.0. The topological polar surface area (TPSA) is 67.2 Å². The van der Waals surface area contributed by atoms with E-state index in [1.54, 1.807) is 23.0 Å². The van der Waals surface area contributed by atoms with Crippen LogP contribution in [0.1, 0.15) is 15.9 Å². The first-order valence-corrected chi connectivity index (χ1v) is 5.72. The summed E-state index contributed by atoms with van der Waals surface area (Å²) >= 11 is 0. The zero-order valence-corrected chi connectivity index (χ0v) is 10.1. The quantitative estimate of drug-likeness (QED) is 0.845. The number of aryl methyl sites for hydroxylation is 1. The first-order valence-electron chi connectivity index (χ1n) is 5.72. The van der Waals surface area contributed by atoms with Crippen LogP contribution in [0.4, 0.5) is 5.69 Å². The van der Waals surface area contributed by atoms with Gasteiger partial charge < -0.3 is 10.4 Å². The lowest BCUT2D eigenvalue weighted by molar-refractivity contribution is 0.0698. The highest BCUT2D eigenvalue weighted by Crippen LogP contribution is 2.17. The molecular formula is C13H15N3O2. The highest BCUT2D eigenvalue weighted by molar-refractivity contribution is 5.94. The molecule has 0 spiro atoms. The molecule has 0 bridgehead atoms. The van der Waals surface area contributed by atoms with Crippen LogP contribution < -0.4 is 5.32 Å². The summed E-state index contributed by atoms with van der Waals surface area (Å²) < 4.78 is 1.79. The van der Waals surface area contributed by atoms with Crippen LogP contribution in [0, 0.1) is 6.92 Å². The van der Waals surface area contributed by atoms with E-state index in [0.29, 0.717) is 24.3 Å². The molecule has 0 radical (unpaired) electrons. The van der Waals surface area contributed by atoms with Crippen molar-refractivity contribution >= 4 is 11.7 Å². The van der Waals surface area contributed by atoms with Gasteiger partial charge >= 0.3 is 5.97 Å². The number of benzene rings is 1. The fourth-order valence-corrected chi connectivity index (χ4v) is 1.73. The van der Waals surface area contributed by atoms with Gasteiger partial charge in [0, 0.05) is 24.6 Å². The Kier molecular flexibility index (Phi) is 3.62. The number of hydrogen-bond donors (Lipinski definition) is 2. The minimum Gasteiger partial charge on any atom is -0.478 e. The summed E-state index contributed by atoms with van der Waals surface area (Å²) in [5.41, 5.74) is 1.97. The van der Waals surface area contributed by atoms with Gasteiger partial charge in [-0.05, 0) is 30.7 Å². The number of carbonyl (C=O) groups is 1. The Morgan fingerprint density at radius 1 is 1.50 bits per heavy atom. The molecule has 0 aliphatic heterocycles. The highest BCUT2D eigenvalue weighted by Gasteiger charge is 2.09. The molecule has 0 aliphatic rings. The molecule has 0 atom stereocenters. The zero-order valence-electron chi connectivity index (χ0n) is 10.1. The predicted molar refractivity (Wildman–Crippen MR) is 68.9 cm³/mol. The van der Waals surface area contributed by atoms with E-state index in [2.05, 4.69) is 10.4 Å². The summed E-state index contributed by atoms with van der Waals surface area (Å²) in [6.45, 7) is 3.26. The van der Waals surface area contributed by atoms with E-state index in [1.165, 1.54) is 0 Å². The van der Waals surface area contributed by atoms with Crippen LogP contribution in [-0.2, 0) is 6.54 Å². The van der Waals surface area contributed by atoms with Crippen LogP contribution in [0.3, 0.4) is 0 Å². The molecule has 1 aromatic carbocycles. The number of anilines is 1. The van der Waals surface area contributed by atoms with Gasteiger partial charge in [-0.15, -0.1) is 0 Å². The van der Waals surface area contributed by atoms with Crippen LogP contribution in [-0.4, -0.2) is 27.4 Å². The molecule has 0 fully saturated rings. The average molecular weight is 245 g/mol. The van der Waals surface area contributed by atoms with E-state index in [-0.39, 0.29) is 0 Å². The van der Waals surface area contributed by atoms with E-state index in [0.717, 1.165) is 5.56 Å². The van der Waals surface area contributed by atoms with Gasteiger partial charge in [0.05, 0.1) is 12.1 Å². The molecule has 1 aromatic heterocycles. The molecule has 5 nitrogen and oxygen atoms in total. The summed E-state index contributed by atoms with van der Waals surface area (Å²) in [7, 11) is 0. The Bertz CT molecular complexity index is 535. The second-order valence-electron chi connectivity index (χ2n) is 4.05. The average Bonchev–Trinajstić information content (AvgIpc) is 2.82. The lowest BCUT2D eigenvalue weighted by Gasteiger charge is -2.10. The van der Waals surface area contributed by atoms with Crippen LogP contribution in [0.25, 0.3) is 0 Å². The minimum atomic E-state index is -0.920. The number of nitrogens with zero attached hydrogens (tertiary/aromatic N) is 2. The number of nitrogens with one attached hydrogen (secondary N) is 1. The lowest BCUT2D eigenvalue weighted by atomic mass is 10.1. The van der Waals surface area contributed by atoms with Crippen molar-refractivity contribution in [1.29, 1.82) is 0 Å². The largest absolute Gasteiger partial charge is 0.478 e. The van der Waals surface area contributed by atoms with Gasteiger partial charge in [0.25, 0.3) is 0 Å². The van der Waals surface area contributed by atoms with E-state index in [4.69, 9.17) is 5.11 Å². The number of carboxylic acids is 1. The first kappa shape index (κ1) is 12.2. The Balaban J connectivity index is 2.03. The molecule has 0 amide bonds. The maximum atomic E-state index is 11.1. The maximum Gasteiger partial charge on any atom is 0.337 e. The van der Waals surface area contributed by atoms with Crippen molar-refractivity contribution in [2.75, 3.05) is 11.9 Å². The molecule has 1 heterocycles. The van der Waals surface area contributed by atoms with Crippen LogP contribution >= 0.6 is 0 Å². The van der Waals surface area contributed by atoms with Crippen molar-refractivity contribution < 1.29 is 9.90 Å². The van der Waals surface area contributed by atoms with Crippen molar-refractivity contribution in [3.8, 4) is 0 Å². The molecule has 2 aromatic rings. The van der Waals surface area contributed by atoms with Crippen molar-refractivity contribution in [3.63, 3.8) is 0 Å². The molecule has 2 N–H and O–H groups in total. The molecule has 18 heavy (non-hydrogen) atoms. The van der Waals surface area contributed by atoms with Crippen LogP contribution in [0.5, 0.6) is 0 Å². The lowest BCUT2D eigenvalue weighted by Crippen LogP contribution is -2.13. The Hall–Kier alpha value is -2.30. The number of aromatic carboxylic acids is 1. The van der Waals surface area contributed by atoms with Crippen molar-refractivity contribution in [2.45, 2.75) is 13.5 Å². The number of aromatic nitrogens is 2. The third-order valence-corrected chi connectivity index (χ3v) is 2.62. The van der Waals surface area contributed by atoms with Gasteiger partial charge in [-0.2, -0.15) is 5.10 Å². The van der Waals surface area contributed by atoms with Crippen molar-refractivity contribution in [1.82, 2.24) is 9.78 Å². The molecular weight excluding hydrogens is 230 g/mol. The van der Waals surface area contributed by atoms with E-state index < -0.39 is 5.97 Å². The van der Waals surface area contributed by atoms with E-state index in [1.807, 2.05) is 25.3 Å². The highest BCUT2D eigenvalue weighted by atomic mass is 16.4. The van der Waals surface area contributed by atoms with Gasteiger partial charge in [-0.25, -0.2) is 4.79 Å². The third-order valence-electron chi connectivity index (χ3n) is 2.62. The molecule has 94 valence electrons. The van der Waals surface area contributed by atoms with Crippen LogP contribution in [0.2, 0.25) is 0 Å². The summed E-state index contributed by atoms with van der Waals surface area (Å²) in [6.07, 6.45) is 3.59. The predicted octanol–water partition coefficient (Wildman–Crippen LogP) is 2.00. The number of rotatable bonds is 5. The van der Waals surface area contributed by atoms with Crippen molar-refractivity contribution in [3.05, 3.63) is 47.8 Å². The molecule has 0 saturated heterocycles. The SMILES string of the molecule is Cc1ccc(C(=O)O)c(NCCn2cccn2)c1. The Morgan fingerprint density at radius 3 is 3.00 bits per heavy atom. The third kappa shape index (κ3) is 2.88. The van der Waals surface area contributed by atoms with Gasteiger partial charge in [0.1, 0.15) is 0 Å². The molecule has 2 rings (SSSR count). The van der Waals surface area contributed by atoms with Gasteiger partial charge in [0.2, 0.25) is 0 Å². The monoisotopic (exact) mass is 245 g/mol. The van der Waals surface area contributed by atoms with Gasteiger partial charge in [-0.3, -0.25) is 4.68 Å². The van der Waals surface area contributed by atoms with Crippen molar-refractivity contribution in [2.24, 2.45) is 0 Å². The second kappa shape index (κ2) is 5.35. The van der Waals surface area contributed by atoms with Gasteiger partial charge in [-0.1, -0.05) is 6.07 Å². The fraction of sp³-hybridized carbons (Fsp3) is 0.231. The fourth-order valence-electron chi connectivity index (χ4n) is 1.73. The Morgan fingerprint density at radius 2 is 2.33 bits per heavy atom. The summed E-state index contributed by atoms with van der Waals surface area (Å²) in [4.78, 5) is 11.1. The molecule has 5 heteroatoms.